The Morgan fingerprint density at radius 2 is 1.58 bits per heavy atom. The molecule has 1 atom stereocenters. The van der Waals surface area contributed by atoms with E-state index in [0.717, 1.165) is 11.1 Å². The van der Waals surface area contributed by atoms with E-state index in [2.05, 4.69) is 5.16 Å². The van der Waals surface area contributed by atoms with Crippen molar-refractivity contribution >= 4 is 6.21 Å². The lowest BCUT2D eigenvalue weighted by molar-refractivity contribution is -0.198. The highest BCUT2D eigenvalue weighted by Crippen LogP contribution is 2.26. The van der Waals surface area contributed by atoms with Crippen molar-refractivity contribution in [3.63, 3.8) is 0 Å². The molecule has 1 unspecified atom stereocenters. The highest BCUT2D eigenvalue weighted by Gasteiger charge is 2.24. The normalized spacial score (nSPS) is 14.3. The molecule has 0 spiro atoms. The molecule has 0 fully saturated rings. The number of aliphatic hydroxyl groups is 1. The third-order valence-electron chi connectivity index (χ3n) is 2.86. The summed E-state index contributed by atoms with van der Waals surface area (Å²) in [6.07, 6.45) is 1.49. The summed E-state index contributed by atoms with van der Waals surface area (Å²) in [5, 5.41) is 13.8. The monoisotopic (exact) mass is 255 g/mol. The van der Waals surface area contributed by atoms with Crippen LogP contribution in [-0.2, 0) is 10.6 Å². The van der Waals surface area contributed by atoms with Crippen LogP contribution in [0.3, 0.4) is 0 Å². The average molecular weight is 255 g/mol. The zero-order valence-corrected chi connectivity index (χ0v) is 11.1. The lowest BCUT2D eigenvalue weighted by Gasteiger charge is -2.21. The maximum absolute atomic E-state index is 10.1. The lowest BCUT2D eigenvalue weighted by atomic mass is 10.0. The molecule has 0 aliphatic rings. The summed E-state index contributed by atoms with van der Waals surface area (Å²) in [6.45, 7) is 3.30. The first-order valence-corrected chi connectivity index (χ1v) is 6.18. The molecular formula is C16H17NO2. The van der Waals surface area contributed by atoms with Crippen LogP contribution < -0.4 is 0 Å². The Balaban J connectivity index is 2.23. The summed E-state index contributed by atoms with van der Waals surface area (Å²) in [4.78, 5) is 5.04. The number of oxime groups is 1. The van der Waals surface area contributed by atoms with Gasteiger partial charge in [0, 0.05) is 18.7 Å². The summed E-state index contributed by atoms with van der Waals surface area (Å²) >= 11 is 0. The summed E-state index contributed by atoms with van der Waals surface area (Å²) in [5.41, 5.74) is 2.90. The van der Waals surface area contributed by atoms with Crippen LogP contribution in [0.5, 0.6) is 0 Å². The van der Waals surface area contributed by atoms with E-state index in [1.807, 2.05) is 54.6 Å². The predicted octanol–water partition coefficient (Wildman–Crippen LogP) is 3.54. The molecule has 2 aromatic rings. The molecule has 0 saturated heterocycles. The van der Waals surface area contributed by atoms with Gasteiger partial charge in [-0.1, -0.05) is 59.8 Å². The third kappa shape index (κ3) is 3.20. The molecule has 0 aliphatic carbocycles. The van der Waals surface area contributed by atoms with Gasteiger partial charge in [0.2, 0.25) is 0 Å². The standard InChI is InChI=1S/C16H17NO2/c1-3-17-19-16(2,18)15-11-9-14(10-12-15)13-7-5-4-6-8-13/h3-12,18H,1-2H3. The van der Waals surface area contributed by atoms with Crippen molar-refractivity contribution in [2.24, 2.45) is 5.16 Å². The fraction of sp³-hybridized carbons (Fsp3) is 0.188. The first-order valence-electron chi connectivity index (χ1n) is 6.18. The molecule has 2 aromatic carbocycles. The number of nitrogens with zero attached hydrogens (tertiary/aromatic N) is 1. The van der Waals surface area contributed by atoms with E-state index in [-0.39, 0.29) is 0 Å². The molecule has 0 heterocycles. The minimum atomic E-state index is -1.41. The van der Waals surface area contributed by atoms with Crippen LogP contribution in [0, 0.1) is 0 Å². The smallest absolute Gasteiger partial charge is 0.257 e. The SMILES string of the molecule is CC=NOC(C)(O)c1ccc(-c2ccccc2)cc1. The van der Waals surface area contributed by atoms with E-state index >= 15 is 0 Å². The largest absolute Gasteiger partial charge is 0.356 e. The van der Waals surface area contributed by atoms with Crippen LogP contribution >= 0.6 is 0 Å². The molecule has 0 aromatic heterocycles. The van der Waals surface area contributed by atoms with E-state index in [0.29, 0.717) is 5.56 Å². The molecule has 0 bridgehead atoms. The van der Waals surface area contributed by atoms with Gasteiger partial charge in [0.25, 0.3) is 5.79 Å². The molecule has 0 aliphatic heterocycles. The molecular weight excluding hydrogens is 238 g/mol. The Kier molecular flexibility index (Phi) is 3.97. The van der Waals surface area contributed by atoms with E-state index in [4.69, 9.17) is 4.84 Å². The average Bonchev–Trinajstić information content (AvgIpc) is 2.46. The van der Waals surface area contributed by atoms with Crippen LogP contribution in [0.15, 0.2) is 59.8 Å². The Morgan fingerprint density at radius 1 is 1.00 bits per heavy atom. The van der Waals surface area contributed by atoms with Crippen LogP contribution in [0.25, 0.3) is 11.1 Å². The van der Waals surface area contributed by atoms with Gasteiger partial charge in [-0.2, -0.15) is 0 Å². The first kappa shape index (κ1) is 13.3. The van der Waals surface area contributed by atoms with Crippen molar-refractivity contribution in [1.82, 2.24) is 0 Å². The zero-order chi connectivity index (χ0) is 13.7. The van der Waals surface area contributed by atoms with Gasteiger partial charge >= 0.3 is 0 Å². The first-order chi connectivity index (χ1) is 9.13. The van der Waals surface area contributed by atoms with Crippen molar-refractivity contribution < 1.29 is 9.94 Å². The van der Waals surface area contributed by atoms with Crippen molar-refractivity contribution in [1.29, 1.82) is 0 Å². The number of benzene rings is 2. The Morgan fingerprint density at radius 3 is 2.16 bits per heavy atom. The van der Waals surface area contributed by atoms with Crippen LogP contribution in [-0.4, -0.2) is 11.3 Å². The third-order valence-corrected chi connectivity index (χ3v) is 2.86. The lowest BCUT2D eigenvalue weighted by Crippen LogP contribution is -2.22. The highest BCUT2D eigenvalue weighted by atomic mass is 16.7. The van der Waals surface area contributed by atoms with Crippen LogP contribution in [0.4, 0.5) is 0 Å². The number of hydrogen-bond acceptors (Lipinski definition) is 3. The predicted molar refractivity (Wildman–Crippen MR) is 76.7 cm³/mol. The summed E-state index contributed by atoms with van der Waals surface area (Å²) in [5.74, 6) is -1.41. The summed E-state index contributed by atoms with van der Waals surface area (Å²) in [7, 11) is 0. The summed E-state index contributed by atoms with van der Waals surface area (Å²) < 4.78 is 0. The molecule has 98 valence electrons. The Labute approximate surface area is 113 Å². The van der Waals surface area contributed by atoms with E-state index < -0.39 is 5.79 Å². The Hall–Kier alpha value is -2.13. The van der Waals surface area contributed by atoms with Crippen molar-refractivity contribution in [2.45, 2.75) is 19.6 Å². The fourth-order valence-electron chi connectivity index (χ4n) is 1.81. The number of hydrogen-bond donors (Lipinski definition) is 1. The minimum absolute atomic E-state index is 0.665. The van der Waals surface area contributed by atoms with Crippen molar-refractivity contribution in [3.05, 3.63) is 60.2 Å². The molecule has 3 heteroatoms. The second-order valence-corrected chi connectivity index (χ2v) is 4.38. The Bertz CT molecular complexity index is 545. The molecule has 3 nitrogen and oxygen atoms in total. The van der Waals surface area contributed by atoms with E-state index in [1.54, 1.807) is 13.8 Å². The molecule has 2 rings (SSSR count). The van der Waals surface area contributed by atoms with Gasteiger partial charge in [0.1, 0.15) is 0 Å². The number of rotatable bonds is 4. The van der Waals surface area contributed by atoms with Gasteiger partial charge in [-0.15, -0.1) is 0 Å². The second-order valence-electron chi connectivity index (χ2n) is 4.38. The van der Waals surface area contributed by atoms with Crippen molar-refractivity contribution in [2.75, 3.05) is 0 Å². The van der Waals surface area contributed by atoms with E-state index in [1.165, 1.54) is 6.21 Å². The molecule has 0 radical (unpaired) electrons. The van der Waals surface area contributed by atoms with Gasteiger partial charge in [-0.05, 0) is 18.1 Å². The van der Waals surface area contributed by atoms with Gasteiger partial charge in [-0.3, -0.25) is 0 Å². The van der Waals surface area contributed by atoms with Gasteiger partial charge < -0.3 is 9.94 Å². The minimum Gasteiger partial charge on any atom is -0.356 e. The molecule has 0 amide bonds. The molecule has 1 N–H and O–H groups in total. The van der Waals surface area contributed by atoms with Crippen LogP contribution in [0.2, 0.25) is 0 Å². The van der Waals surface area contributed by atoms with Crippen molar-refractivity contribution in [3.8, 4) is 11.1 Å². The topological polar surface area (TPSA) is 41.8 Å². The molecule has 0 saturated carbocycles. The van der Waals surface area contributed by atoms with Gasteiger partial charge in [0.15, 0.2) is 0 Å². The summed E-state index contributed by atoms with van der Waals surface area (Å²) in [6, 6.07) is 17.7. The fourth-order valence-corrected chi connectivity index (χ4v) is 1.81. The maximum Gasteiger partial charge on any atom is 0.257 e. The highest BCUT2D eigenvalue weighted by molar-refractivity contribution is 5.63. The molecule has 19 heavy (non-hydrogen) atoms. The van der Waals surface area contributed by atoms with Gasteiger partial charge in [-0.25, -0.2) is 0 Å². The zero-order valence-electron chi connectivity index (χ0n) is 11.1. The second kappa shape index (κ2) is 5.67. The van der Waals surface area contributed by atoms with Crippen LogP contribution in [0.1, 0.15) is 19.4 Å². The van der Waals surface area contributed by atoms with Gasteiger partial charge in [0.05, 0.1) is 0 Å². The maximum atomic E-state index is 10.1. The quantitative estimate of drug-likeness (QED) is 0.516. The van der Waals surface area contributed by atoms with E-state index in [9.17, 15) is 5.11 Å².